The van der Waals surface area contributed by atoms with Gasteiger partial charge in [-0.2, -0.15) is 0 Å². The summed E-state index contributed by atoms with van der Waals surface area (Å²) < 4.78 is 5.19. The van der Waals surface area contributed by atoms with Gasteiger partial charge in [-0.25, -0.2) is 4.79 Å². The molecule has 0 aliphatic carbocycles. The molecule has 1 rings (SSSR count). The molecule has 1 unspecified atom stereocenters. The summed E-state index contributed by atoms with van der Waals surface area (Å²) in [6.07, 6.45) is 0.386. The van der Waals surface area contributed by atoms with Crippen molar-refractivity contribution in [2.75, 3.05) is 11.9 Å². The topological polar surface area (TPSA) is 64.3 Å². The van der Waals surface area contributed by atoms with Gasteiger partial charge in [0.2, 0.25) is 0 Å². The van der Waals surface area contributed by atoms with Gasteiger partial charge in [-0.05, 0) is 57.4 Å². The first-order valence-electron chi connectivity index (χ1n) is 6.72. The third kappa shape index (κ3) is 5.39. The van der Waals surface area contributed by atoms with E-state index in [-0.39, 0.29) is 0 Å². The van der Waals surface area contributed by atoms with Gasteiger partial charge >= 0.3 is 6.09 Å². The molecule has 0 saturated heterocycles. The van der Waals surface area contributed by atoms with Crippen molar-refractivity contribution in [2.45, 2.75) is 45.6 Å². The van der Waals surface area contributed by atoms with Crippen LogP contribution in [0, 0.1) is 0 Å². The molecule has 20 heavy (non-hydrogen) atoms. The highest BCUT2D eigenvalue weighted by Gasteiger charge is 2.17. The maximum absolute atomic E-state index is 11.7. The van der Waals surface area contributed by atoms with Crippen LogP contribution >= 0.6 is 11.6 Å². The largest absolute Gasteiger partial charge is 0.444 e. The van der Waals surface area contributed by atoms with Crippen LogP contribution < -0.4 is 11.1 Å². The number of hydrogen-bond acceptors (Lipinski definition) is 3. The fourth-order valence-electron chi connectivity index (χ4n) is 1.77. The molecule has 0 radical (unpaired) electrons. The van der Waals surface area contributed by atoms with Crippen LogP contribution in [0.4, 0.5) is 10.5 Å². The van der Waals surface area contributed by atoms with E-state index in [2.05, 4.69) is 12.2 Å². The minimum Gasteiger partial charge on any atom is -0.444 e. The first-order chi connectivity index (χ1) is 9.23. The van der Waals surface area contributed by atoms with E-state index in [1.165, 1.54) is 0 Å². The van der Waals surface area contributed by atoms with E-state index in [9.17, 15) is 4.79 Å². The summed E-state index contributed by atoms with van der Waals surface area (Å²) in [6.45, 7) is 8.17. The lowest BCUT2D eigenvalue weighted by molar-refractivity contribution is 0.0636. The second-order valence-corrected chi connectivity index (χ2v) is 6.25. The molecule has 0 aromatic heterocycles. The Hall–Kier alpha value is -1.26. The monoisotopic (exact) mass is 298 g/mol. The van der Waals surface area contributed by atoms with Crippen molar-refractivity contribution in [3.8, 4) is 0 Å². The molecule has 0 bridgehead atoms. The fraction of sp³-hybridized carbons (Fsp3) is 0.533. The Kier molecular flexibility index (Phi) is 5.84. The van der Waals surface area contributed by atoms with E-state index in [0.29, 0.717) is 23.2 Å². The Morgan fingerprint density at radius 1 is 1.45 bits per heavy atom. The lowest BCUT2D eigenvalue weighted by Crippen LogP contribution is -2.27. The van der Waals surface area contributed by atoms with E-state index in [0.717, 1.165) is 12.0 Å². The van der Waals surface area contributed by atoms with Gasteiger partial charge in [-0.1, -0.05) is 24.6 Å². The Morgan fingerprint density at radius 3 is 2.60 bits per heavy atom. The molecule has 5 heteroatoms. The highest BCUT2D eigenvalue weighted by atomic mass is 35.5. The smallest absolute Gasteiger partial charge is 0.412 e. The molecule has 1 amide bonds. The van der Waals surface area contributed by atoms with Crippen LogP contribution in [0.3, 0.4) is 0 Å². The predicted molar refractivity (Wildman–Crippen MR) is 83.4 cm³/mol. The van der Waals surface area contributed by atoms with E-state index < -0.39 is 11.7 Å². The van der Waals surface area contributed by atoms with E-state index in [4.69, 9.17) is 22.1 Å². The Labute approximate surface area is 125 Å². The number of anilines is 1. The van der Waals surface area contributed by atoms with Crippen molar-refractivity contribution in [1.82, 2.24) is 0 Å². The van der Waals surface area contributed by atoms with Gasteiger partial charge in [0.25, 0.3) is 0 Å². The number of carbonyl (C=O) groups is 1. The standard InChI is InChI=1S/C15H23ClN2O2/c1-10(7-8-17)11-5-6-13(12(16)9-11)18-14(19)20-15(2,3)4/h5-6,9-10H,7-8,17H2,1-4H3,(H,18,19). The number of nitrogens with one attached hydrogen (secondary N) is 1. The Bertz CT molecular complexity index is 469. The van der Waals surface area contributed by atoms with Crippen molar-refractivity contribution in [1.29, 1.82) is 0 Å². The molecule has 0 fully saturated rings. The first-order valence-corrected chi connectivity index (χ1v) is 7.10. The van der Waals surface area contributed by atoms with Crippen molar-refractivity contribution < 1.29 is 9.53 Å². The zero-order valence-corrected chi connectivity index (χ0v) is 13.3. The summed E-state index contributed by atoms with van der Waals surface area (Å²) in [6, 6.07) is 5.59. The summed E-state index contributed by atoms with van der Waals surface area (Å²) in [5, 5.41) is 3.14. The highest BCUT2D eigenvalue weighted by Crippen LogP contribution is 2.28. The van der Waals surface area contributed by atoms with Crippen molar-refractivity contribution in [2.24, 2.45) is 5.73 Å². The van der Waals surface area contributed by atoms with Gasteiger partial charge in [-0.3, -0.25) is 5.32 Å². The van der Waals surface area contributed by atoms with Crippen LogP contribution in [0.1, 0.15) is 45.6 Å². The van der Waals surface area contributed by atoms with Gasteiger partial charge in [0, 0.05) is 0 Å². The summed E-state index contributed by atoms with van der Waals surface area (Å²) >= 11 is 6.19. The average molecular weight is 299 g/mol. The first kappa shape index (κ1) is 16.8. The molecule has 0 spiro atoms. The molecule has 1 aromatic rings. The molecule has 0 aliphatic rings. The summed E-state index contributed by atoms with van der Waals surface area (Å²) in [4.78, 5) is 11.7. The third-order valence-electron chi connectivity index (χ3n) is 2.80. The molecule has 0 aliphatic heterocycles. The summed E-state index contributed by atoms with van der Waals surface area (Å²) in [5.41, 5.74) is 6.67. The number of amides is 1. The van der Waals surface area contributed by atoms with Crippen LogP contribution in [0.25, 0.3) is 0 Å². The SMILES string of the molecule is CC(CCN)c1ccc(NC(=O)OC(C)(C)C)c(Cl)c1. The van der Waals surface area contributed by atoms with Crippen molar-refractivity contribution in [3.05, 3.63) is 28.8 Å². The molecular formula is C15H23ClN2O2. The molecule has 0 heterocycles. The molecule has 0 saturated carbocycles. The molecular weight excluding hydrogens is 276 g/mol. The molecule has 3 N–H and O–H groups in total. The fourth-order valence-corrected chi connectivity index (χ4v) is 2.01. The van der Waals surface area contributed by atoms with Gasteiger partial charge in [0.05, 0.1) is 10.7 Å². The Balaban J connectivity index is 2.76. The second kappa shape index (κ2) is 6.95. The lowest BCUT2D eigenvalue weighted by atomic mass is 9.98. The predicted octanol–water partition coefficient (Wildman–Crippen LogP) is 4.14. The average Bonchev–Trinajstić information content (AvgIpc) is 2.29. The van der Waals surface area contributed by atoms with Crippen LogP contribution in [-0.4, -0.2) is 18.2 Å². The number of ether oxygens (including phenoxy) is 1. The minimum atomic E-state index is -0.536. The maximum atomic E-state index is 11.7. The van der Waals surface area contributed by atoms with E-state index >= 15 is 0 Å². The summed E-state index contributed by atoms with van der Waals surface area (Å²) in [7, 11) is 0. The van der Waals surface area contributed by atoms with Crippen molar-refractivity contribution in [3.63, 3.8) is 0 Å². The van der Waals surface area contributed by atoms with Gasteiger partial charge in [-0.15, -0.1) is 0 Å². The summed E-state index contributed by atoms with van der Waals surface area (Å²) in [5.74, 6) is 0.341. The van der Waals surface area contributed by atoms with Crippen molar-refractivity contribution >= 4 is 23.4 Å². The zero-order valence-electron chi connectivity index (χ0n) is 12.5. The number of benzene rings is 1. The number of hydrogen-bond donors (Lipinski definition) is 2. The normalized spacial score (nSPS) is 12.9. The van der Waals surface area contributed by atoms with Crippen LogP contribution in [-0.2, 0) is 4.74 Å². The number of carbonyl (C=O) groups excluding carboxylic acids is 1. The number of nitrogens with two attached hydrogens (primary N) is 1. The van der Waals surface area contributed by atoms with Gasteiger partial charge in [0.1, 0.15) is 5.60 Å². The van der Waals surface area contributed by atoms with Crippen LogP contribution in [0.2, 0.25) is 5.02 Å². The molecule has 1 atom stereocenters. The van der Waals surface area contributed by atoms with E-state index in [1.807, 2.05) is 32.9 Å². The highest BCUT2D eigenvalue weighted by molar-refractivity contribution is 6.33. The number of halogens is 1. The maximum Gasteiger partial charge on any atom is 0.412 e. The van der Waals surface area contributed by atoms with Gasteiger partial charge < -0.3 is 10.5 Å². The van der Waals surface area contributed by atoms with Crippen LogP contribution in [0.5, 0.6) is 0 Å². The third-order valence-corrected chi connectivity index (χ3v) is 3.11. The second-order valence-electron chi connectivity index (χ2n) is 5.84. The Morgan fingerprint density at radius 2 is 2.10 bits per heavy atom. The lowest BCUT2D eigenvalue weighted by Gasteiger charge is -2.20. The zero-order chi connectivity index (χ0) is 15.3. The molecule has 1 aromatic carbocycles. The number of rotatable bonds is 4. The van der Waals surface area contributed by atoms with E-state index in [1.54, 1.807) is 6.07 Å². The quantitative estimate of drug-likeness (QED) is 0.878. The molecule has 112 valence electrons. The van der Waals surface area contributed by atoms with Crippen LogP contribution in [0.15, 0.2) is 18.2 Å². The van der Waals surface area contributed by atoms with Gasteiger partial charge in [0.15, 0.2) is 0 Å². The molecule has 4 nitrogen and oxygen atoms in total. The minimum absolute atomic E-state index is 0.341.